The molecule has 4 rings (SSSR count). The first-order valence-corrected chi connectivity index (χ1v) is 21.4. The molecule has 6 amide bonds. The van der Waals surface area contributed by atoms with Gasteiger partial charge in [0.15, 0.2) is 0 Å². The molecule has 4 atom stereocenters. The molecule has 0 saturated carbocycles. The third kappa shape index (κ3) is 15.7. The third-order valence-electron chi connectivity index (χ3n) is 9.33. The average molecular weight is 876 g/mol. The number of amides is 6. The zero-order valence-electron chi connectivity index (χ0n) is 33.6. The summed E-state index contributed by atoms with van der Waals surface area (Å²) in [6.07, 6.45) is 2.14. The second kappa shape index (κ2) is 24.7. The number of benzene rings is 3. The predicted octanol–water partition coefficient (Wildman–Crippen LogP) is 3.02. The molecule has 8 N–H and O–H groups in total. The van der Waals surface area contributed by atoms with E-state index < -0.39 is 72.0 Å². The van der Waals surface area contributed by atoms with Crippen molar-refractivity contribution in [1.29, 1.82) is 0 Å². The number of hydrogen-bond acceptors (Lipinski definition) is 10. The van der Waals surface area contributed by atoms with Gasteiger partial charge in [-0.1, -0.05) is 84.1 Å². The Labute approximate surface area is 362 Å². The molecular formula is C42H50ClN9O8S. The predicted molar refractivity (Wildman–Crippen MR) is 231 cm³/mol. The molecular weight excluding hydrogens is 826 g/mol. The van der Waals surface area contributed by atoms with Gasteiger partial charge in [-0.25, -0.2) is 5.01 Å². The summed E-state index contributed by atoms with van der Waals surface area (Å²) in [5.74, 6) is -5.42. The third-order valence-corrected chi connectivity index (χ3v) is 10.1. The number of rotatable bonds is 25. The van der Waals surface area contributed by atoms with E-state index in [1.54, 1.807) is 42.8 Å². The van der Waals surface area contributed by atoms with Gasteiger partial charge in [0.25, 0.3) is 0 Å². The zero-order valence-corrected chi connectivity index (χ0v) is 35.1. The number of nitrogens with two attached hydrogens (primary N) is 1. The molecule has 17 nitrogen and oxygen atoms in total. The molecule has 0 bridgehead atoms. The van der Waals surface area contributed by atoms with Crippen molar-refractivity contribution in [3.8, 4) is 0 Å². The van der Waals surface area contributed by atoms with Crippen molar-refractivity contribution in [1.82, 2.24) is 31.3 Å². The summed E-state index contributed by atoms with van der Waals surface area (Å²) in [4.78, 5) is 95.5. The van der Waals surface area contributed by atoms with Crippen molar-refractivity contribution < 1.29 is 38.7 Å². The monoisotopic (exact) mass is 875 g/mol. The highest BCUT2D eigenvalue weighted by atomic mass is 35.5. The lowest BCUT2D eigenvalue weighted by atomic mass is 10.0. The number of aromatic nitrogens is 1. The Morgan fingerprint density at radius 2 is 1.38 bits per heavy atom. The summed E-state index contributed by atoms with van der Waals surface area (Å²) in [7, 11) is 0. The first kappa shape index (κ1) is 47.4. The van der Waals surface area contributed by atoms with Crippen LogP contribution in [0.3, 0.4) is 0 Å². The highest BCUT2D eigenvalue weighted by Gasteiger charge is 2.32. The lowest BCUT2D eigenvalue weighted by Gasteiger charge is -2.26. The van der Waals surface area contributed by atoms with E-state index in [0.29, 0.717) is 16.9 Å². The summed E-state index contributed by atoms with van der Waals surface area (Å²) in [6.45, 7) is 0.283. The number of alkyl halides is 1. The fraction of sp³-hybridized carbons (Fsp3) is 0.357. The van der Waals surface area contributed by atoms with E-state index in [1.165, 1.54) is 11.8 Å². The fourth-order valence-electron chi connectivity index (χ4n) is 6.21. The second-order valence-corrected chi connectivity index (χ2v) is 15.3. The van der Waals surface area contributed by atoms with E-state index in [2.05, 4.69) is 36.6 Å². The minimum Gasteiger partial charge on any atom is -0.481 e. The van der Waals surface area contributed by atoms with Gasteiger partial charge < -0.3 is 37.1 Å². The van der Waals surface area contributed by atoms with Crippen molar-refractivity contribution in [2.24, 2.45) is 16.1 Å². The van der Waals surface area contributed by atoms with Crippen molar-refractivity contribution in [2.45, 2.75) is 69.2 Å². The number of nitrogens with one attached hydrogen (secondary N) is 5. The number of thioether (sulfide) groups is 1. The summed E-state index contributed by atoms with van der Waals surface area (Å²) >= 11 is 7.12. The molecule has 0 aliphatic heterocycles. The van der Waals surface area contributed by atoms with Crippen LogP contribution >= 0.6 is 23.4 Å². The molecule has 0 spiro atoms. The van der Waals surface area contributed by atoms with E-state index in [4.69, 9.17) is 17.3 Å². The van der Waals surface area contributed by atoms with Gasteiger partial charge in [-0.05, 0) is 41.2 Å². The molecule has 0 radical (unpaired) electrons. The van der Waals surface area contributed by atoms with Gasteiger partial charge in [-0.2, -0.15) is 16.9 Å². The Morgan fingerprint density at radius 1 is 0.770 bits per heavy atom. The van der Waals surface area contributed by atoms with Crippen LogP contribution in [0.5, 0.6) is 0 Å². The van der Waals surface area contributed by atoms with Crippen LogP contribution in [0.1, 0.15) is 42.4 Å². The molecule has 0 fully saturated rings. The lowest BCUT2D eigenvalue weighted by molar-refractivity contribution is -0.141. The van der Waals surface area contributed by atoms with Gasteiger partial charge in [0, 0.05) is 48.7 Å². The molecule has 324 valence electrons. The molecule has 0 aliphatic rings. The van der Waals surface area contributed by atoms with E-state index in [9.17, 15) is 38.7 Å². The largest absolute Gasteiger partial charge is 0.481 e. The van der Waals surface area contributed by atoms with Gasteiger partial charge in [0.2, 0.25) is 35.4 Å². The number of halogens is 1. The van der Waals surface area contributed by atoms with Crippen LogP contribution in [0.4, 0.5) is 0 Å². The summed E-state index contributed by atoms with van der Waals surface area (Å²) in [6, 6.07) is 19.8. The van der Waals surface area contributed by atoms with Crippen molar-refractivity contribution in [3.63, 3.8) is 0 Å². The number of fused-ring (bicyclic) bond motifs is 1. The van der Waals surface area contributed by atoms with Gasteiger partial charge in [0.1, 0.15) is 24.2 Å². The van der Waals surface area contributed by atoms with Crippen molar-refractivity contribution >= 4 is 75.7 Å². The number of nitrogens with zero attached hydrogens (tertiary/aromatic N) is 3. The number of aliphatic carboxylic acids is 1. The van der Waals surface area contributed by atoms with Crippen molar-refractivity contribution in [2.75, 3.05) is 24.4 Å². The molecule has 61 heavy (non-hydrogen) atoms. The minimum atomic E-state index is -1.65. The Kier molecular flexibility index (Phi) is 19.2. The van der Waals surface area contributed by atoms with E-state index >= 15 is 0 Å². The Morgan fingerprint density at radius 3 is 2.03 bits per heavy atom. The average Bonchev–Trinajstić information content (AvgIpc) is 3.66. The van der Waals surface area contributed by atoms with Crippen LogP contribution in [0.25, 0.3) is 10.9 Å². The number of H-pyrrole nitrogens is 1. The number of carbonyl (C=O) groups excluding carboxylic acids is 6. The van der Waals surface area contributed by atoms with Crippen LogP contribution in [-0.2, 0) is 52.9 Å². The molecule has 1 heterocycles. The molecule has 0 aliphatic carbocycles. The maximum Gasteiger partial charge on any atom is 0.305 e. The highest BCUT2D eigenvalue weighted by Crippen LogP contribution is 2.20. The standard InChI is InChI=1S/C42H50ClN9O8S/c1-61-21-18-32(40(58)50-35(24-38(55)56)42(60)49-33(39(44)57)22-27-10-4-2-5-11-27)48-41(59)34(23-29-25-45-31-15-9-8-14-30(29)31)47-36(53)16-17-37(54)52(51-46-20-19-43)26-28-12-6-3-7-13-28/h2-15,25,32-35,45H,16-24,26H2,1H3,(H2,44,57)(H,47,53)(H,48,59)(H,49,60)(H,50,58)(H,55,56)/t32-,33?,34-,35-/m0/s1. The zero-order chi connectivity index (χ0) is 44.1. The Balaban J connectivity index is 1.51. The number of carboxylic acids is 1. The number of primary amides is 1. The molecule has 19 heteroatoms. The van der Waals surface area contributed by atoms with Crippen LogP contribution in [0, 0.1) is 0 Å². The topological polar surface area (TPSA) is 258 Å². The van der Waals surface area contributed by atoms with E-state index in [1.807, 2.05) is 54.6 Å². The first-order chi connectivity index (χ1) is 29.4. The van der Waals surface area contributed by atoms with E-state index in [-0.39, 0.29) is 51.1 Å². The van der Waals surface area contributed by atoms with Crippen LogP contribution in [-0.4, -0.2) is 105 Å². The molecule has 1 unspecified atom stereocenters. The summed E-state index contributed by atoms with van der Waals surface area (Å²) in [5, 5.41) is 29.9. The molecule has 3 aromatic carbocycles. The number of aromatic amines is 1. The van der Waals surface area contributed by atoms with Gasteiger partial charge >= 0.3 is 5.97 Å². The maximum absolute atomic E-state index is 14.1. The smallest absolute Gasteiger partial charge is 0.305 e. The lowest BCUT2D eigenvalue weighted by Crippen LogP contribution is -2.59. The van der Waals surface area contributed by atoms with Gasteiger partial charge in [-0.3, -0.25) is 33.6 Å². The first-order valence-electron chi connectivity index (χ1n) is 19.5. The Hall–Kier alpha value is -6.27. The molecule has 0 saturated heterocycles. The van der Waals surface area contributed by atoms with E-state index in [0.717, 1.165) is 21.5 Å². The number of carbonyl (C=O) groups is 7. The van der Waals surface area contributed by atoms with Crippen molar-refractivity contribution in [3.05, 3.63) is 108 Å². The quantitative estimate of drug-likeness (QED) is 0.0293. The van der Waals surface area contributed by atoms with Gasteiger partial charge in [-0.15, -0.1) is 11.6 Å². The highest BCUT2D eigenvalue weighted by molar-refractivity contribution is 7.98. The number of hydrogen-bond donors (Lipinski definition) is 7. The van der Waals surface area contributed by atoms with Crippen LogP contribution in [0.15, 0.2) is 101 Å². The normalized spacial score (nSPS) is 13.1. The molecule has 4 aromatic rings. The SMILES string of the molecule is CSCC[C@H](NC(=O)[C@H](Cc1c[nH]c2ccccc12)NC(=O)CCC(=O)N(Cc1ccccc1)N=NCCCl)C(=O)N[C@@H](CC(=O)O)C(=O)NC(Cc1ccccc1)C(N)=O. The Bertz CT molecular complexity index is 2140. The fourth-order valence-corrected chi connectivity index (χ4v) is 6.76. The summed E-state index contributed by atoms with van der Waals surface area (Å²) < 4.78 is 0. The second-order valence-electron chi connectivity index (χ2n) is 13.9. The number of carboxylic acid groups (broad SMARTS) is 1. The van der Waals surface area contributed by atoms with Gasteiger partial charge in [0.05, 0.1) is 19.5 Å². The summed E-state index contributed by atoms with van der Waals surface area (Å²) in [5.41, 5.74) is 8.50. The molecule has 1 aromatic heterocycles. The maximum atomic E-state index is 14.1. The number of para-hydroxylation sites is 1. The van der Waals surface area contributed by atoms with Crippen LogP contribution in [0.2, 0.25) is 0 Å². The minimum absolute atomic E-state index is 0.0147. The van der Waals surface area contributed by atoms with Crippen LogP contribution < -0.4 is 27.0 Å².